The van der Waals surface area contributed by atoms with E-state index in [4.69, 9.17) is 9.72 Å². The van der Waals surface area contributed by atoms with Crippen molar-refractivity contribution < 1.29 is 18.3 Å². The van der Waals surface area contributed by atoms with Crippen LogP contribution in [0.1, 0.15) is 61.3 Å². The summed E-state index contributed by atoms with van der Waals surface area (Å²) in [5, 5.41) is 7.62. The number of fused-ring (bicyclic) bond motifs is 2. The first kappa shape index (κ1) is 24.8. The molecule has 8 nitrogen and oxygen atoms in total. The van der Waals surface area contributed by atoms with E-state index in [-0.39, 0.29) is 23.4 Å². The van der Waals surface area contributed by atoms with Crippen molar-refractivity contribution in [3.05, 3.63) is 58.8 Å². The summed E-state index contributed by atoms with van der Waals surface area (Å²) in [7, 11) is 3.57. The smallest absolute Gasteiger partial charge is 0.262 e. The highest BCUT2D eigenvalue weighted by Gasteiger charge is 2.41. The van der Waals surface area contributed by atoms with Crippen molar-refractivity contribution in [2.45, 2.75) is 57.2 Å². The van der Waals surface area contributed by atoms with Crippen LogP contribution in [-0.2, 0) is 28.7 Å². The molecule has 0 bridgehead atoms. The van der Waals surface area contributed by atoms with Gasteiger partial charge in [-0.15, -0.1) is 0 Å². The van der Waals surface area contributed by atoms with Crippen molar-refractivity contribution in [3.8, 4) is 11.3 Å². The zero-order valence-corrected chi connectivity index (χ0v) is 22.0. The molecule has 3 aliphatic rings. The molecular formula is C28H32F2N6O2. The fourth-order valence-corrected chi connectivity index (χ4v) is 6.14. The molecule has 1 amide bonds. The van der Waals surface area contributed by atoms with Gasteiger partial charge in [-0.1, -0.05) is 12.1 Å². The Labute approximate surface area is 220 Å². The van der Waals surface area contributed by atoms with Gasteiger partial charge in [0.1, 0.15) is 11.9 Å². The number of hydrogen-bond acceptors (Lipinski definition) is 5. The topological polar surface area (TPSA) is 77.2 Å². The number of hydrogen-bond donors (Lipinski definition) is 1. The molecule has 2 aromatic heterocycles. The Morgan fingerprint density at radius 3 is 2.66 bits per heavy atom. The molecule has 1 N–H and O–H groups in total. The normalized spacial score (nSPS) is 23.8. The van der Waals surface area contributed by atoms with Gasteiger partial charge in [0.05, 0.1) is 29.7 Å². The predicted molar refractivity (Wildman–Crippen MR) is 140 cm³/mol. The third-order valence-electron chi connectivity index (χ3n) is 8.27. The van der Waals surface area contributed by atoms with Crippen LogP contribution in [0.4, 0.5) is 14.5 Å². The maximum absolute atomic E-state index is 14.6. The molecule has 3 aliphatic heterocycles. The number of amides is 1. The summed E-state index contributed by atoms with van der Waals surface area (Å²) in [6, 6.07) is 5.38. The lowest BCUT2D eigenvalue weighted by molar-refractivity contribution is -0.135. The highest BCUT2D eigenvalue weighted by Crippen LogP contribution is 2.46. The number of carbonyl (C=O) groups excluding carboxylic acids is 1. The highest BCUT2D eigenvalue weighted by atomic mass is 19.3. The SMILES string of the molecule is CC1C(=O)N(C)Cc2c(-c3cccc4c3C=C(C(F)F)C(C)(c3cnn(C)c3)N4)nc(C3CCOCC3)n21. The number of rotatable bonds is 4. The standard InChI is InChI=1S/C28H32F2N6O2/c1-16-27(37)34(3)15-23-24(32-26(36(16)23)17-8-10-38-11-9-17)19-6-5-7-22-20(19)12-21(25(29)30)28(2,33-22)18-13-31-35(4)14-18/h5-7,12-14,16-17,25,33H,8-11,15H2,1-4H3. The minimum Gasteiger partial charge on any atom is -0.381 e. The summed E-state index contributed by atoms with van der Waals surface area (Å²) in [5.41, 5.74) is 3.40. The second-order valence-electron chi connectivity index (χ2n) is 10.7. The minimum absolute atomic E-state index is 0.0242. The van der Waals surface area contributed by atoms with E-state index in [0.717, 1.165) is 41.3 Å². The van der Waals surface area contributed by atoms with Gasteiger partial charge < -0.3 is 19.5 Å². The van der Waals surface area contributed by atoms with Crippen LogP contribution in [0.2, 0.25) is 0 Å². The fraction of sp³-hybridized carbons (Fsp3) is 0.464. The molecule has 10 heteroatoms. The van der Waals surface area contributed by atoms with Crippen LogP contribution in [0, 0.1) is 0 Å². The molecule has 5 heterocycles. The van der Waals surface area contributed by atoms with Gasteiger partial charge in [0.15, 0.2) is 0 Å². The van der Waals surface area contributed by atoms with Crippen LogP contribution >= 0.6 is 0 Å². The molecule has 1 aromatic carbocycles. The monoisotopic (exact) mass is 522 g/mol. The van der Waals surface area contributed by atoms with E-state index in [0.29, 0.717) is 30.9 Å². The van der Waals surface area contributed by atoms with E-state index in [9.17, 15) is 13.6 Å². The van der Waals surface area contributed by atoms with E-state index in [1.165, 1.54) is 0 Å². The first-order chi connectivity index (χ1) is 18.2. The maximum Gasteiger partial charge on any atom is 0.262 e. The summed E-state index contributed by atoms with van der Waals surface area (Å²) in [4.78, 5) is 19.8. The lowest BCUT2D eigenvalue weighted by Crippen LogP contribution is -2.40. The van der Waals surface area contributed by atoms with E-state index >= 15 is 0 Å². The van der Waals surface area contributed by atoms with Crippen molar-refractivity contribution in [3.63, 3.8) is 0 Å². The van der Waals surface area contributed by atoms with Gasteiger partial charge in [-0.25, -0.2) is 13.8 Å². The molecule has 0 aliphatic carbocycles. The van der Waals surface area contributed by atoms with Crippen molar-refractivity contribution in [2.24, 2.45) is 7.05 Å². The Morgan fingerprint density at radius 2 is 1.97 bits per heavy atom. The Hall–Kier alpha value is -3.53. The van der Waals surface area contributed by atoms with Crippen molar-refractivity contribution in [2.75, 3.05) is 25.6 Å². The molecule has 1 fully saturated rings. The van der Waals surface area contributed by atoms with Crippen LogP contribution in [0.5, 0.6) is 0 Å². The van der Waals surface area contributed by atoms with Crippen molar-refractivity contribution in [1.29, 1.82) is 0 Å². The van der Waals surface area contributed by atoms with E-state index in [1.54, 1.807) is 49.1 Å². The summed E-state index contributed by atoms with van der Waals surface area (Å²) < 4.78 is 38.5. The third-order valence-corrected chi connectivity index (χ3v) is 8.27. The number of nitrogens with one attached hydrogen (secondary N) is 1. The zero-order chi connectivity index (χ0) is 26.8. The van der Waals surface area contributed by atoms with E-state index in [2.05, 4.69) is 15.0 Å². The second kappa shape index (κ2) is 9.04. The van der Waals surface area contributed by atoms with E-state index < -0.39 is 12.0 Å². The molecule has 38 heavy (non-hydrogen) atoms. The summed E-state index contributed by atoms with van der Waals surface area (Å²) in [6.45, 7) is 5.39. The van der Waals surface area contributed by atoms with Crippen LogP contribution < -0.4 is 5.32 Å². The number of aromatic nitrogens is 4. The number of aryl methyl sites for hydroxylation is 1. The van der Waals surface area contributed by atoms with Crippen LogP contribution in [0.3, 0.4) is 0 Å². The molecule has 0 spiro atoms. The molecule has 200 valence electrons. The number of imidazole rings is 1. The van der Waals surface area contributed by atoms with Crippen molar-refractivity contribution in [1.82, 2.24) is 24.2 Å². The van der Waals surface area contributed by atoms with Crippen molar-refractivity contribution >= 4 is 17.7 Å². The molecule has 2 atom stereocenters. The average molecular weight is 523 g/mol. The molecule has 2 unspecified atom stereocenters. The molecule has 1 saturated heterocycles. The zero-order valence-electron chi connectivity index (χ0n) is 22.0. The number of alkyl halides is 2. The number of anilines is 1. The Morgan fingerprint density at radius 1 is 1.21 bits per heavy atom. The molecule has 6 rings (SSSR count). The first-order valence-electron chi connectivity index (χ1n) is 13.0. The summed E-state index contributed by atoms with van der Waals surface area (Å²) in [6.07, 6.45) is 3.99. The van der Waals surface area contributed by atoms with Gasteiger partial charge in [0.2, 0.25) is 5.91 Å². The molecule has 3 aromatic rings. The highest BCUT2D eigenvalue weighted by molar-refractivity contribution is 5.88. The Kier molecular flexibility index (Phi) is 5.90. The van der Waals surface area contributed by atoms with Gasteiger partial charge in [-0.05, 0) is 38.8 Å². The van der Waals surface area contributed by atoms with Gasteiger partial charge >= 0.3 is 0 Å². The lowest BCUT2D eigenvalue weighted by atomic mass is 9.80. The van der Waals surface area contributed by atoms with Crippen LogP contribution in [-0.4, -0.2) is 56.8 Å². The van der Waals surface area contributed by atoms with Gasteiger partial charge in [0.25, 0.3) is 6.43 Å². The molecule has 0 saturated carbocycles. The predicted octanol–water partition coefficient (Wildman–Crippen LogP) is 4.70. The average Bonchev–Trinajstić information content (AvgIpc) is 3.51. The Balaban J connectivity index is 1.54. The van der Waals surface area contributed by atoms with Crippen LogP contribution in [0.25, 0.3) is 17.3 Å². The van der Waals surface area contributed by atoms with Gasteiger partial charge in [-0.3, -0.25) is 9.48 Å². The number of carbonyl (C=O) groups is 1. The quantitative estimate of drug-likeness (QED) is 0.538. The Bertz CT molecular complexity index is 1440. The summed E-state index contributed by atoms with van der Waals surface area (Å²) in [5.74, 6) is 1.10. The largest absolute Gasteiger partial charge is 0.381 e. The third kappa shape index (κ3) is 3.76. The number of nitrogens with zero attached hydrogens (tertiary/aromatic N) is 5. The lowest BCUT2D eigenvalue weighted by Gasteiger charge is -2.38. The molecule has 0 radical (unpaired) electrons. The fourth-order valence-electron chi connectivity index (χ4n) is 6.14. The number of likely N-dealkylation sites (N-methyl/N-ethyl adjacent to an activating group) is 1. The first-order valence-corrected chi connectivity index (χ1v) is 13.0. The molecular weight excluding hydrogens is 490 g/mol. The van der Waals surface area contributed by atoms with Gasteiger partial charge in [0, 0.05) is 67.4 Å². The number of benzene rings is 1. The van der Waals surface area contributed by atoms with Gasteiger partial charge in [-0.2, -0.15) is 5.10 Å². The minimum atomic E-state index is -2.67. The second-order valence-corrected chi connectivity index (χ2v) is 10.7. The van der Waals surface area contributed by atoms with Crippen LogP contribution in [0.15, 0.2) is 36.2 Å². The number of ether oxygens (including phenoxy) is 1. The number of halogens is 2. The maximum atomic E-state index is 14.6. The van der Waals surface area contributed by atoms with E-state index in [1.807, 2.05) is 25.1 Å². The summed E-state index contributed by atoms with van der Waals surface area (Å²) >= 11 is 0.